The molecule has 1 saturated heterocycles. The van der Waals surface area contributed by atoms with Crippen molar-refractivity contribution in [2.75, 3.05) is 33.2 Å². The summed E-state index contributed by atoms with van der Waals surface area (Å²) in [6, 6.07) is 3.09. The lowest BCUT2D eigenvalue weighted by Gasteiger charge is -2.43. The van der Waals surface area contributed by atoms with E-state index in [0.29, 0.717) is 6.04 Å². The first-order valence-electron chi connectivity index (χ1n) is 7.06. The summed E-state index contributed by atoms with van der Waals surface area (Å²) in [4.78, 5) is 4.97. The van der Waals surface area contributed by atoms with E-state index in [9.17, 15) is 5.26 Å². The predicted octanol–water partition coefficient (Wildman–Crippen LogP) is 1.95. The highest BCUT2D eigenvalue weighted by Crippen LogP contribution is 2.34. The van der Waals surface area contributed by atoms with E-state index < -0.39 is 0 Å². The van der Waals surface area contributed by atoms with Gasteiger partial charge in [0.05, 0.1) is 12.0 Å². The van der Waals surface area contributed by atoms with Crippen molar-refractivity contribution in [3.63, 3.8) is 0 Å². The second-order valence-corrected chi connectivity index (χ2v) is 5.73. The quantitative estimate of drug-likeness (QED) is 0.733. The molecule has 1 aliphatic carbocycles. The van der Waals surface area contributed by atoms with Gasteiger partial charge in [-0.1, -0.05) is 13.3 Å². The monoisotopic (exact) mass is 235 g/mol. The first kappa shape index (κ1) is 12.9. The Hall–Kier alpha value is -0.590. The number of piperazine rings is 1. The van der Waals surface area contributed by atoms with Crippen molar-refractivity contribution in [3.8, 4) is 6.07 Å². The minimum Gasteiger partial charge on any atom is -0.304 e. The summed E-state index contributed by atoms with van der Waals surface area (Å²) in [5, 5.41) is 9.32. The zero-order valence-electron chi connectivity index (χ0n) is 11.2. The van der Waals surface area contributed by atoms with Crippen molar-refractivity contribution in [1.29, 1.82) is 5.26 Å². The summed E-state index contributed by atoms with van der Waals surface area (Å²) in [7, 11) is 2.19. The van der Waals surface area contributed by atoms with Crippen LogP contribution in [0.3, 0.4) is 0 Å². The van der Waals surface area contributed by atoms with Gasteiger partial charge in [0, 0.05) is 32.2 Å². The van der Waals surface area contributed by atoms with Crippen LogP contribution in [0.2, 0.25) is 0 Å². The van der Waals surface area contributed by atoms with E-state index in [1.807, 2.05) is 0 Å². The molecule has 0 aromatic heterocycles. The lowest BCUT2D eigenvalue weighted by molar-refractivity contribution is 0.0570. The molecule has 2 aliphatic rings. The van der Waals surface area contributed by atoms with Crippen molar-refractivity contribution in [2.45, 2.75) is 38.6 Å². The SMILES string of the molecule is CCC1CCC(C#N)C(N2CCN(C)CC2)C1. The first-order valence-corrected chi connectivity index (χ1v) is 7.06. The van der Waals surface area contributed by atoms with Crippen LogP contribution in [0.5, 0.6) is 0 Å². The largest absolute Gasteiger partial charge is 0.304 e. The van der Waals surface area contributed by atoms with Crippen molar-refractivity contribution in [2.24, 2.45) is 11.8 Å². The predicted molar refractivity (Wildman–Crippen MR) is 69.6 cm³/mol. The zero-order chi connectivity index (χ0) is 12.3. The smallest absolute Gasteiger partial charge is 0.0672 e. The van der Waals surface area contributed by atoms with Gasteiger partial charge in [-0.15, -0.1) is 0 Å². The average molecular weight is 235 g/mol. The Morgan fingerprint density at radius 2 is 1.88 bits per heavy atom. The van der Waals surface area contributed by atoms with Gasteiger partial charge in [-0.05, 0) is 32.2 Å². The molecule has 0 aromatic carbocycles. The fourth-order valence-electron chi connectivity index (χ4n) is 3.31. The number of likely N-dealkylation sites (N-methyl/N-ethyl adjacent to an activating group) is 1. The highest BCUT2D eigenvalue weighted by molar-refractivity contribution is 4.98. The molecule has 1 heterocycles. The van der Waals surface area contributed by atoms with Crippen molar-refractivity contribution in [3.05, 3.63) is 0 Å². The molecule has 3 nitrogen and oxygen atoms in total. The maximum atomic E-state index is 9.32. The summed E-state index contributed by atoms with van der Waals surface area (Å²) < 4.78 is 0. The molecule has 0 radical (unpaired) electrons. The molecule has 1 saturated carbocycles. The van der Waals surface area contributed by atoms with Gasteiger partial charge in [-0.2, -0.15) is 5.26 Å². The van der Waals surface area contributed by atoms with Crippen molar-refractivity contribution < 1.29 is 0 Å². The summed E-state index contributed by atoms with van der Waals surface area (Å²) in [6.45, 7) is 6.90. The van der Waals surface area contributed by atoms with Gasteiger partial charge in [0.2, 0.25) is 0 Å². The third kappa shape index (κ3) is 3.00. The van der Waals surface area contributed by atoms with E-state index in [0.717, 1.165) is 38.5 Å². The van der Waals surface area contributed by atoms with Gasteiger partial charge < -0.3 is 4.90 Å². The highest BCUT2D eigenvalue weighted by Gasteiger charge is 2.34. The number of hydrogen-bond acceptors (Lipinski definition) is 3. The van der Waals surface area contributed by atoms with Crippen LogP contribution < -0.4 is 0 Å². The number of nitriles is 1. The second-order valence-electron chi connectivity index (χ2n) is 5.73. The van der Waals surface area contributed by atoms with E-state index in [1.54, 1.807) is 0 Å². The normalized spacial score (nSPS) is 36.6. The maximum absolute atomic E-state index is 9.32. The molecule has 3 heteroatoms. The van der Waals surface area contributed by atoms with Crippen molar-refractivity contribution >= 4 is 0 Å². The van der Waals surface area contributed by atoms with Gasteiger partial charge in [-0.3, -0.25) is 4.90 Å². The molecule has 0 amide bonds. The van der Waals surface area contributed by atoms with Crippen LogP contribution in [0.4, 0.5) is 0 Å². The van der Waals surface area contributed by atoms with Gasteiger partial charge in [-0.25, -0.2) is 0 Å². The maximum Gasteiger partial charge on any atom is 0.0672 e. The molecule has 2 rings (SSSR count). The molecule has 96 valence electrons. The molecule has 17 heavy (non-hydrogen) atoms. The molecular formula is C14H25N3. The van der Waals surface area contributed by atoms with Crippen LogP contribution in [0.15, 0.2) is 0 Å². The van der Waals surface area contributed by atoms with E-state index >= 15 is 0 Å². The van der Waals surface area contributed by atoms with Crippen molar-refractivity contribution in [1.82, 2.24) is 9.80 Å². The van der Waals surface area contributed by atoms with E-state index in [1.165, 1.54) is 19.3 Å². The lowest BCUT2D eigenvalue weighted by atomic mass is 9.77. The Bertz CT molecular complexity index is 276. The molecule has 0 spiro atoms. The van der Waals surface area contributed by atoms with Gasteiger partial charge >= 0.3 is 0 Å². The van der Waals surface area contributed by atoms with Crippen LogP contribution in [0, 0.1) is 23.2 Å². The Morgan fingerprint density at radius 3 is 2.47 bits per heavy atom. The third-order valence-electron chi connectivity index (χ3n) is 4.68. The molecule has 1 aliphatic heterocycles. The van der Waals surface area contributed by atoms with Crippen LogP contribution in [-0.2, 0) is 0 Å². The Balaban J connectivity index is 1.97. The molecule has 3 unspecified atom stereocenters. The number of rotatable bonds is 2. The van der Waals surface area contributed by atoms with Crippen LogP contribution >= 0.6 is 0 Å². The Kier molecular flexibility index (Phi) is 4.42. The standard InChI is InChI=1S/C14H25N3/c1-3-12-4-5-13(11-15)14(10-12)17-8-6-16(2)7-9-17/h12-14H,3-10H2,1-2H3. The van der Waals surface area contributed by atoms with Gasteiger partial charge in [0.15, 0.2) is 0 Å². The van der Waals surface area contributed by atoms with Crippen LogP contribution in [0.1, 0.15) is 32.6 Å². The van der Waals surface area contributed by atoms with E-state index in [2.05, 4.69) is 29.8 Å². The van der Waals surface area contributed by atoms with Crippen LogP contribution in [-0.4, -0.2) is 49.1 Å². The van der Waals surface area contributed by atoms with Gasteiger partial charge in [0.25, 0.3) is 0 Å². The average Bonchev–Trinajstić information content (AvgIpc) is 2.39. The summed E-state index contributed by atoms with van der Waals surface area (Å²) >= 11 is 0. The zero-order valence-corrected chi connectivity index (χ0v) is 11.2. The van der Waals surface area contributed by atoms with E-state index in [4.69, 9.17) is 0 Å². The minimum absolute atomic E-state index is 0.279. The fraction of sp³-hybridized carbons (Fsp3) is 0.929. The second kappa shape index (κ2) is 5.84. The summed E-state index contributed by atoms with van der Waals surface area (Å²) in [5.41, 5.74) is 0. The minimum atomic E-state index is 0.279. The van der Waals surface area contributed by atoms with Crippen LogP contribution in [0.25, 0.3) is 0 Å². The summed E-state index contributed by atoms with van der Waals surface area (Å²) in [6.07, 6.45) is 4.91. The molecular weight excluding hydrogens is 210 g/mol. The lowest BCUT2D eigenvalue weighted by Crippen LogP contribution is -2.52. The summed E-state index contributed by atoms with van der Waals surface area (Å²) in [5.74, 6) is 1.13. The molecule has 3 atom stereocenters. The topological polar surface area (TPSA) is 30.3 Å². The molecule has 0 bridgehead atoms. The molecule has 0 N–H and O–H groups in total. The number of hydrogen-bond donors (Lipinski definition) is 0. The molecule has 2 fully saturated rings. The Morgan fingerprint density at radius 1 is 1.18 bits per heavy atom. The first-order chi connectivity index (χ1) is 8.24. The number of nitrogens with zero attached hydrogens (tertiary/aromatic N) is 3. The van der Waals surface area contributed by atoms with Gasteiger partial charge in [0.1, 0.15) is 0 Å². The molecule has 0 aromatic rings. The highest BCUT2D eigenvalue weighted by atomic mass is 15.3. The third-order valence-corrected chi connectivity index (χ3v) is 4.68. The Labute approximate surface area is 105 Å². The fourth-order valence-corrected chi connectivity index (χ4v) is 3.31. The van der Waals surface area contributed by atoms with E-state index in [-0.39, 0.29) is 5.92 Å².